The maximum Gasteiger partial charge on any atom is 0.0967 e. The summed E-state index contributed by atoms with van der Waals surface area (Å²) in [4.78, 5) is 2.29. The number of nitrogens with zero attached hydrogens (tertiary/aromatic N) is 4. The van der Waals surface area contributed by atoms with Gasteiger partial charge in [0.2, 0.25) is 0 Å². The van der Waals surface area contributed by atoms with Gasteiger partial charge in [0.05, 0.1) is 18.3 Å². The first-order chi connectivity index (χ1) is 8.20. The van der Waals surface area contributed by atoms with Gasteiger partial charge in [-0.3, -0.25) is 9.58 Å². The molecule has 17 heavy (non-hydrogen) atoms. The van der Waals surface area contributed by atoms with E-state index in [0.717, 1.165) is 31.8 Å². The lowest BCUT2D eigenvalue weighted by molar-refractivity contribution is 0.0810. The third-order valence-corrected chi connectivity index (χ3v) is 3.26. The number of rotatable bonds is 5. The molecule has 1 aliphatic heterocycles. The van der Waals surface area contributed by atoms with Crippen LogP contribution in [0.4, 0.5) is 0 Å². The molecule has 2 unspecified atom stereocenters. The highest BCUT2D eigenvalue weighted by atomic mass is 16.5. The Kier molecular flexibility index (Phi) is 4.09. The molecule has 96 valence electrons. The highest BCUT2D eigenvalue weighted by molar-refractivity contribution is 4.94. The van der Waals surface area contributed by atoms with Gasteiger partial charge in [0.1, 0.15) is 0 Å². The average Bonchev–Trinajstić information content (AvgIpc) is 2.88. The van der Waals surface area contributed by atoms with E-state index in [1.165, 1.54) is 0 Å². The fourth-order valence-electron chi connectivity index (χ4n) is 2.32. The minimum atomic E-state index is 0.305. The Morgan fingerprint density at radius 3 is 3.12 bits per heavy atom. The largest absolute Gasteiger partial charge is 0.377 e. The van der Waals surface area contributed by atoms with Crippen LogP contribution in [0.25, 0.3) is 0 Å². The summed E-state index contributed by atoms with van der Waals surface area (Å²) in [5.41, 5.74) is 6.46. The summed E-state index contributed by atoms with van der Waals surface area (Å²) in [6.07, 6.45) is 3.36. The number of hydrogen-bond acceptors (Lipinski definition) is 5. The Balaban J connectivity index is 1.90. The van der Waals surface area contributed by atoms with Gasteiger partial charge < -0.3 is 10.5 Å². The fraction of sp³-hybridized carbons (Fsp3) is 0.818. The Hall–Kier alpha value is -0.980. The zero-order valence-corrected chi connectivity index (χ0v) is 10.5. The Bertz CT molecular complexity index is 353. The molecule has 0 aromatic carbocycles. The van der Waals surface area contributed by atoms with Gasteiger partial charge in [0, 0.05) is 31.9 Å². The summed E-state index contributed by atoms with van der Waals surface area (Å²) < 4.78 is 7.36. The molecule has 0 amide bonds. The van der Waals surface area contributed by atoms with E-state index in [4.69, 9.17) is 10.5 Å². The molecule has 0 saturated carbocycles. The van der Waals surface area contributed by atoms with Gasteiger partial charge in [0.25, 0.3) is 0 Å². The molecular formula is C11H21N5O. The Morgan fingerprint density at radius 1 is 1.65 bits per heavy atom. The van der Waals surface area contributed by atoms with Crippen molar-refractivity contribution in [3.05, 3.63) is 11.9 Å². The topological polar surface area (TPSA) is 69.2 Å². The molecule has 0 bridgehead atoms. The van der Waals surface area contributed by atoms with Gasteiger partial charge in [0.15, 0.2) is 0 Å². The van der Waals surface area contributed by atoms with Crippen LogP contribution in [0.2, 0.25) is 0 Å². The number of hydrogen-bond donors (Lipinski definition) is 1. The highest BCUT2D eigenvalue weighted by Crippen LogP contribution is 2.19. The van der Waals surface area contributed by atoms with Crippen LogP contribution in [0.1, 0.15) is 19.0 Å². The van der Waals surface area contributed by atoms with Crippen LogP contribution in [-0.2, 0) is 17.8 Å². The molecule has 1 aromatic rings. The van der Waals surface area contributed by atoms with Crippen molar-refractivity contribution in [1.82, 2.24) is 19.9 Å². The molecule has 6 nitrogen and oxygen atoms in total. The SMILES string of the molecule is CC1OCCC1N(C)Cc1cn(CCN)nn1. The van der Waals surface area contributed by atoms with Gasteiger partial charge in [-0.25, -0.2) is 0 Å². The number of ether oxygens (including phenoxy) is 1. The fourth-order valence-corrected chi connectivity index (χ4v) is 2.32. The van der Waals surface area contributed by atoms with Crippen molar-refractivity contribution < 1.29 is 4.74 Å². The second-order valence-electron chi connectivity index (χ2n) is 4.61. The lowest BCUT2D eigenvalue weighted by atomic mass is 10.1. The molecule has 0 spiro atoms. The first-order valence-electron chi connectivity index (χ1n) is 6.11. The van der Waals surface area contributed by atoms with Crippen LogP contribution in [0.15, 0.2) is 6.20 Å². The Morgan fingerprint density at radius 2 is 2.47 bits per heavy atom. The van der Waals surface area contributed by atoms with E-state index in [1.54, 1.807) is 4.68 Å². The summed E-state index contributed by atoms with van der Waals surface area (Å²) in [5.74, 6) is 0. The smallest absolute Gasteiger partial charge is 0.0967 e. The maximum absolute atomic E-state index is 5.57. The molecule has 1 saturated heterocycles. The molecule has 6 heteroatoms. The maximum atomic E-state index is 5.57. The van der Waals surface area contributed by atoms with Gasteiger partial charge in [-0.2, -0.15) is 0 Å². The molecule has 2 heterocycles. The molecule has 2 rings (SSSR count). The van der Waals surface area contributed by atoms with Crippen LogP contribution in [0.5, 0.6) is 0 Å². The van der Waals surface area contributed by atoms with Crippen molar-refractivity contribution in [2.24, 2.45) is 5.73 Å². The van der Waals surface area contributed by atoms with Crippen molar-refractivity contribution in [2.75, 3.05) is 20.2 Å². The predicted molar refractivity (Wildman–Crippen MR) is 64.4 cm³/mol. The van der Waals surface area contributed by atoms with E-state index in [-0.39, 0.29) is 0 Å². The number of likely N-dealkylation sites (N-methyl/N-ethyl adjacent to an activating group) is 1. The minimum absolute atomic E-state index is 0.305. The quantitative estimate of drug-likeness (QED) is 0.773. The van der Waals surface area contributed by atoms with Gasteiger partial charge in [-0.15, -0.1) is 5.10 Å². The second-order valence-corrected chi connectivity index (χ2v) is 4.61. The highest BCUT2D eigenvalue weighted by Gasteiger charge is 2.28. The Labute approximate surface area is 102 Å². The van der Waals surface area contributed by atoms with Crippen LogP contribution < -0.4 is 5.73 Å². The van der Waals surface area contributed by atoms with Gasteiger partial charge in [-0.05, 0) is 20.4 Å². The van der Waals surface area contributed by atoms with Crippen molar-refractivity contribution in [1.29, 1.82) is 0 Å². The molecule has 2 atom stereocenters. The van der Waals surface area contributed by atoms with Gasteiger partial charge in [-0.1, -0.05) is 5.21 Å². The summed E-state index contributed by atoms with van der Waals surface area (Å²) in [7, 11) is 2.11. The van der Waals surface area contributed by atoms with Crippen molar-refractivity contribution in [2.45, 2.75) is 38.6 Å². The normalized spacial score (nSPS) is 24.7. The summed E-state index contributed by atoms with van der Waals surface area (Å²) in [6.45, 7) is 5.10. The van der Waals surface area contributed by atoms with Crippen LogP contribution >= 0.6 is 0 Å². The molecule has 1 aromatic heterocycles. The van der Waals surface area contributed by atoms with E-state index in [2.05, 4.69) is 29.2 Å². The van der Waals surface area contributed by atoms with Crippen molar-refractivity contribution in [3.8, 4) is 0 Å². The lowest BCUT2D eigenvalue weighted by Gasteiger charge is -2.25. The molecule has 2 N–H and O–H groups in total. The molecule has 0 aliphatic carbocycles. The molecular weight excluding hydrogens is 218 g/mol. The van der Waals surface area contributed by atoms with E-state index in [9.17, 15) is 0 Å². The third kappa shape index (κ3) is 3.02. The van der Waals surface area contributed by atoms with Crippen LogP contribution in [0.3, 0.4) is 0 Å². The first-order valence-corrected chi connectivity index (χ1v) is 6.11. The summed E-state index contributed by atoms with van der Waals surface area (Å²) in [6, 6.07) is 0.481. The van der Waals surface area contributed by atoms with E-state index in [0.29, 0.717) is 18.7 Å². The van der Waals surface area contributed by atoms with Crippen LogP contribution in [0, 0.1) is 0 Å². The predicted octanol–water partition coefficient (Wildman–Crippen LogP) is -0.154. The zero-order valence-electron chi connectivity index (χ0n) is 10.5. The van der Waals surface area contributed by atoms with Crippen molar-refractivity contribution >= 4 is 0 Å². The first kappa shape index (κ1) is 12.5. The molecule has 0 radical (unpaired) electrons. The van der Waals surface area contributed by atoms with Crippen molar-refractivity contribution in [3.63, 3.8) is 0 Å². The summed E-state index contributed by atoms with van der Waals surface area (Å²) in [5, 5.41) is 8.18. The van der Waals surface area contributed by atoms with Crippen LogP contribution in [-0.4, -0.2) is 52.2 Å². The molecule has 1 aliphatic rings. The second kappa shape index (κ2) is 5.57. The number of nitrogens with two attached hydrogens (primary N) is 1. The standard InChI is InChI=1S/C11H21N5O/c1-9-11(3-6-17-9)15(2)7-10-8-16(5-4-12)14-13-10/h8-9,11H,3-7,12H2,1-2H3. The van der Waals surface area contributed by atoms with Gasteiger partial charge >= 0.3 is 0 Å². The van der Waals surface area contributed by atoms with E-state index >= 15 is 0 Å². The molecule has 1 fully saturated rings. The summed E-state index contributed by atoms with van der Waals surface area (Å²) >= 11 is 0. The van der Waals surface area contributed by atoms with E-state index < -0.39 is 0 Å². The van der Waals surface area contributed by atoms with E-state index in [1.807, 2.05) is 6.20 Å². The zero-order chi connectivity index (χ0) is 12.3. The third-order valence-electron chi connectivity index (χ3n) is 3.26. The average molecular weight is 239 g/mol. The number of aromatic nitrogens is 3. The lowest BCUT2D eigenvalue weighted by Crippen LogP contribution is -2.36. The monoisotopic (exact) mass is 239 g/mol. The minimum Gasteiger partial charge on any atom is -0.377 e.